The molecule has 0 N–H and O–H groups in total. The maximum atomic E-state index is 4.70. The number of halogens is 1. The maximum absolute atomic E-state index is 4.70. The van der Waals surface area contributed by atoms with E-state index in [1.807, 2.05) is 47.0 Å². The van der Waals surface area contributed by atoms with Crippen molar-refractivity contribution in [2.75, 3.05) is 0 Å². The summed E-state index contributed by atoms with van der Waals surface area (Å²) in [5.41, 5.74) is 3.28. The Hall–Kier alpha value is -2.05. The van der Waals surface area contributed by atoms with Gasteiger partial charge in [0.15, 0.2) is 5.82 Å². The summed E-state index contributed by atoms with van der Waals surface area (Å²) in [7, 11) is 0. The standard InChI is InChI=1S/C16H11BrN4S/c1-10-6-2-3-7-11(10)14-18-19-16-21(14)20-15(22-16)12-8-4-5-9-13(12)17/h2-9H,1H3. The molecule has 22 heavy (non-hydrogen) atoms. The fourth-order valence-corrected chi connectivity index (χ4v) is 3.83. The largest absolute Gasteiger partial charge is 0.235 e. The van der Waals surface area contributed by atoms with E-state index in [1.54, 1.807) is 0 Å². The van der Waals surface area contributed by atoms with Gasteiger partial charge in [-0.25, -0.2) is 0 Å². The lowest BCUT2D eigenvalue weighted by Crippen LogP contribution is -1.93. The number of hydrogen-bond donors (Lipinski definition) is 0. The Kier molecular flexibility index (Phi) is 3.28. The highest BCUT2D eigenvalue weighted by Crippen LogP contribution is 2.32. The van der Waals surface area contributed by atoms with Crippen LogP contribution in [0.5, 0.6) is 0 Å². The Balaban J connectivity index is 1.91. The Morgan fingerprint density at radius 2 is 1.68 bits per heavy atom. The number of rotatable bonds is 2. The van der Waals surface area contributed by atoms with Crippen LogP contribution in [0.1, 0.15) is 5.56 Å². The van der Waals surface area contributed by atoms with Gasteiger partial charge in [0.1, 0.15) is 5.01 Å². The number of aryl methyl sites for hydroxylation is 1. The zero-order valence-electron chi connectivity index (χ0n) is 11.7. The van der Waals surface area contributed by atoms with E-state index in [4.69, 9.17) is 5.10 Å². The molecule has 0 saturated heterocycles. The van der Waals surface area contributed by atoms with Crippen LogP contribution in [0.2, 0.25) is 0 Å². The van der Waals surface area contributed by atoms with Gasteiger partial charge < -0.3 is 0 Å². The normalized spacial score (nSPS) is 11.2. The highest BCUT2D eigenvalue weighted by atomic mass is 79.9. The smallest absolute Gasteiger partial charge is 0.182 e. The molecule has 0 spiro atoms. The number of nitrogens with zero attached hydrogens (tertiary/aromatic N) is 4. The zero-order valence-corrected chi connectivity index (χ0v) is 14.1. The third-order valence-electron chi connectivity index (χ3n) is 3.48. The molecule has 0 radical (unpaired) electrons. The van der Waals surface area contributed by atoms with E-state index < -0.39 is 0 Å². The van der Waals surface area contributed by atoms with Crippen LogP contribution in [-0.4, -0.2) is 19.8 Å². The average molecular weight is 371 g/mol. The Bertz CT molecular complexity index is 973. The van der Waals surface area contributed by atoms with Gasteiger partial charge in [0, 0.05) is 15.6 Å². The monoisotopic (exact) mass is 370 g/mol. The van der Waals surface area contributed by atoms with Crippen LogP contribution >= 0.6 is 27.3 Å². The lowest BCUT2D eigenvalue weighted by atomic mass is 10.1. The van der Waals surface area contributed by atoms with E-state index in [1.165, 1.54) is 11.3 Å². The van der Waals surface area contributed by atoms with E-state index in [9.17, 15) is 0 Å². The molecule has 0 aliphatic rings. The number of hydrogen-bond acceptors (Lipinski definition) is 4. The van der Waals surface area contributed by atoms with E-state index in [0.717, 1.165) is 37.0 Å². The zero-order chi connectivity index (χ0) is 15.1. The molecule has 0 fully saturated rings. The molecule has 0 unspecified atom stereocenters. The summed E-state index contributed by atoms with van der Waals surface area (Å²) in [4.78, 5) is 0.795. The second kappa shape index (κ2) is 5.30. The average Bonchev–Trinajstić information content (AvgIpc) is 3.09. The molecule has 4 rings (SSSR count). The Morgan fingerprint density at radius 3 is 2.45 bits per heavy atom. The summed E-state index contributed by atoms with van der Waals surface area (Å²) in [6.07, 6.45) is 0. The molecule has 108 valence electrons. The van der Waals surface area contributed by atoms with Gasteiger partial charge >= 0.3 is 0 Å². The summed E-state index contributed by atoms with van der Waals surface area (Å²) in [5.74, 6) is 0.780. The molecule has 0 saturated carbocycles. The van der Waals surface area contributed by atoms with Crippen molar-refractivity contribution < 1.29 is 0 Å². The number of benzene rings is 2. The molecule has 4 aromatic rings. The first-order valence-corrected chi connectivity index (χ1v) is 8.38. The van der Waals surface area contributed by atoms with Gasteiger partial charge in [0.25, 0.3) is 0 Å². The summed E-state index contributed by atoms with van der Waals surface area (Å²) < 4.78 is 2.85. The quantitative estimate of drug-likeness (QED) is 0.518. The van der Waals surface area contributed by atoms with Gasteiger partial charge in [-0.2, -0.15) is 9.61 Å². The second-order valence-corrected chi connectivity index (χ2v) is 6.73. The van der Waals surface area contributed by atoms with E-state index >= 15 is 0 Å². The topological polar surface area (TPSA) is 43.1 Å². The second-order valence-electron chi connectivity index (χ2n) is 4.92. The van der Waals surface area contributed by atoms with Gasteiger partial charge in [-0.3, -0.25) is 0 Å². The molecular formula is C16H11BrN4S. The highest BCUT2D eigenvalue weighted by molar-refractivity contribution is 9.10. The third kappa shape index (κ3) is 2.15. The van der Waals surface area contributed by atoms with Gasteiger partial charge in [0.05, 0.1) is 0 Å². The van der Waals surface area contributed by atoms with Crippen LogP contribution in [0.25, 0.3) is 26.9 Å². The van der Waals surface area contributed by atoms with Crippen molar-refractivity contribution in [2.24, 2.45) is 0 Å². The first-order valence-electron chi connectivity index (χ1n) is 6.77. The molecule has 0 aliphatic carbocycles. The first-order chi connectivity index (χ1) is 10.7. The van der Waals surface area contributed by atoms with Crippen molar-refractivity contribution in [3.63, 3.8) is 0 Å². The molecule has 2 aromatic heterocycles. The predicted molar refractivity (Wildman–Crippen MR) is 92.0 cm³/mol. The molecule has 6 heteroatoms. The minimum absolute atomic E-state index is 0.780. The van der Waals surface area contributed by atoms with Gasteiger partial charge in [-0.15, -0.1) is 10.2 Å². The summed E-state index contributed by atoms with van der Waals surface area (Å²) in [5, 5.41) is 14.2. The van der Waals surface area contributed by atoms with Gasteiger partial charge in [0.2, 0.25) is 4.96 Å². The van der Waals surface area contributed by atoms with Crippen LogP contribution in [0, 0.1) is 6.92 Å². The van der Waals surface area contributed by atoms with Crippen molar-refractivity contribution in [3.05, 3.63) is 58.6 Å². The SMILES string of the molecule is Cc1ccccc1-c1nnc2sc(-c3ccccc3Br)nn12. The van der Waals surface area contributed by atoms with Gasteiger partial charge in [-0.05, 0) is 18.6 Å². The lowest BCUT2D eigenvalue weighted by Gasteiger charge is -2.01. The van der Waals surface area contributed by atoms with Crippen molar-refractivity contribution in [3.8, 4) is 22.0 Å². The molecule has 0 atom stereocenters. The maximum Gasteiger partial charge on any atom is 0.235 e. The summed E-state index contributed by atoms with van der Waals surface area (Å²) in [6, 6.07) is 16.2. The lowest BCUT2D eigenvalue weighted by molar-refractivity contribution is 0.968. The van der Waals surface area contributed by atoms with Crippen LogP contribution in [0.15, 0.2) is 53.0 Å². The number of aromatic nitrogens is 4. The molecular weight excluding hydrogens is 360 g/mol. The van der Waals surface area contributed by atoms with Crippen LogP contribution in [0.4, 0.5) is 0 Å². The highest BCUT2D eigenvalue weighted by Gasteiger charge is 2.16. The van der Waals surface area contributed by atoms with E-state index in [2.05, 4.69) is 39.1 Å². The minimum atomic E-state index is 0.780. The predicted octanol–water partition coefficient (Wildman–Crippen LogP) is 4.59. The molecule has 0 bridgehead atoms. The fourth-order valence-electron chi connectivity index (χ4n) is 2.35. The molecule has 2 aromatic carbocycles. The molecule has 0 aliphatic heterocycles. The van der Waals surface area contributed by atoms with Crippen molar-refractivity contribution >= 4 is 32.2 Å². The van der Waals surface area contributed by atoms with Gasteiger partial charge in [-0.1, -0.05) is 69.7 Å². The minimum Gasteiger partial charge on any atom is -0.182 e. The Labute approximate surface area is 139 Å². The fraction of sp³-hybridized carbons (Fsp3) is 0.0625. The first kappa shape index (κ1) is 13.6. The molecule has 0 amide bonds. The molecule has 4 nitrogen and oxygen atoms in total. The molecule has 2 heterocycles. The summed E-state index contributed by atoms with van der Waals surface area (Å²) in [6.45, 7) is 2.07. The van der Waals surface area contributed by atoms with Crippen LogP contribution < -0.4 is 0 Å². The van der Waals surface area contributed by atoms with E-state index in [-0.39, 0.29) is 0 Å². The van der Waals surface area contributed by atoms with E-state index in [0.29, 0.717) is 0 Å². The van der Waals surface area contributed by atoms with Crippen molar-refractivity contribution in [1.29, 1.82) is 0 Å². The number of fused-ring (bicyclic) bond motifs is 1. The van der Waals surface area contributed by atoms with Crippen molar-refractivity contribution in [2.45, 2.75) is 6.92 Å². The van der Waals surface area contributed by atoms with Crippen LogP contribution in [0.3, 0.4) is 0 Å². The van der Waals surface area contributed by atoms with Crippen LogP contribution in [-0.2, 0) is 0 Å². The van der Waals surface area contributed by atoms with Crippen molar-refractivity contribution in [1.82, 2.24) is 19.8 Å². The Morgan fingerprint density at radius 1 is 0.955 bits per heavy atom. The summed E-state index contributed by atoms with van der Waals surface area (Å²) >= 11 is 5.11. The third-order valence-corrected chi connectivity index (χ3v) is 5.10.